The summed E-state index contributed by atoms with van der Waals surface area (Å²) in [5.41, 5.74) is 6.48. The van der Waals surface area contributed by atoms with Gasteiger partial charge in [0.05, 0.1) is 12.8 Å². The molecule has 0 saturated heterocycles. The zero-order valence-corrected chi connectivity index (χ0v) is 14.9. The SMILES string of the molecule is COc1ccc(Br)c(NS(=O)(=O)c2ccc(N)cc2Br)c1. The van der Waals surface area contributed by atoms with Crippen molar-refractivity contribution in [2.45, 2.75) is 4.90 Å². The second kappa shape index (κ2) is 6.25. The summed E-state index contributed by atoms with van der Waals surface area (Å²) in [6, 6.07) is 9.52. The molecular weight excluding hydrogens is 424 g/mol. The Balaban J connectivity index is 2.42. The molecule has 21 heavy (non-hydrogen) atoms. The molecule has 8 heteroatoms. The molecule has 2 aromatic carbocycles. The summed E-state index contributed by atoms with van der Waals surface area (Å²) in [6.07, 6.45) is 0. The molecule has 0 spiro atoms. The second-order valence-electron chi connectivity index (χ2n) is 4.14. The van der Waals surface area contributed by atoms with Gasteiger partial charge in [0.2, 0.25) is 0 Å². The van der Waals surface area contributed by atoms with Gasteiger partial charge in [0.15, 0.2) is 0 Å². The van der Waals surface area contributed by atoms with Crippen LogP contribution >= 0.6 is 31.9 Å². The van der Waals surface area contributed by atoms with Gasteiger partial charge in [0.1, 0.15) is 10.6 Å². The third kappa shape index (κ3) is 3.69. The highest BCUT2D eigenvalue weighted by Gasteiger charge is 2.19. The first-order valence-corrected chi connectivity index (χ1v) is 8.82. The number of halogens is 2. The molecule has 0 radical (unpaired) electrons. The smallest absolute Gasteiger partial charge is 0.263 e. The number of sulfonamides is 1. The lowest BCUT2D eigenvalue weighted by molar-refractivity contribution is 0.415. The van der Waals surface area contributed by atoms with Crippen LogP contribution in [-0.2, 0) is 10.0 Å². The Labute approximate surface area is 139 Å². The summed E-state index contributed by atoms with van der Waals surface area (Å²) < 4.78 is 33.5. The van der Waals surface area contributed by atoms with E-state index in [0.29, 0.717) is 26.1 Å². The maximum atomic E-state index is 12.4. The van der Waals surface area contributed by atoms with E-state index >= 15 is 0 Å². The van der Waals surface area contributed by atoms with E-state index in [2.05, 4.69) is 36.6 Å². The highest BCUT2D eigenvalue weighted by atomic mass is 79.9. The van der Waals surface area contributed by atoms with Crippen LogP contribution in [0.1, 0.15) is 0 Å². The van der Waals surface area contributed by atoms with E-state index in [1.165, 1.54) is 25.3 Å². The van der Waals surface area contributed by atoms with Gasteiger partial charge in [-0.2, -0.15) is 0 Å². The summed E-state index contributed by atoms with van der Waals surface area (Å²) in [5, 5.41) is 0. The first kappa shape index (κ1) is 16.1. The molecule has 0 fully saturated rings. The lowest BCUT2D eigenvalue weighted by atomic mass is 10.3. The maximum Gasteiger partial charge on any atom is 0.263 e. The van der Waals surface area contributed by atoms with E-state index in [1.54, 1.807) is 18.2 Å². The third-order valence-electron chi connectivity index (χ3n) is 2.66. The summed E-state index contributed by atoms with van der Waals surface area (Å²) >= 11 is 6.51. The summed E-state index contributed by atoms with van der Waals surface area (Å²) in [5.74, 6) is 0.548. The minimum absolute atomic E-state index is 0.103. The van der Waals surface area contributed by atoms with Gasteiger partial charge in [-0.15, -0.1) is 0 Å². The molecule has 2 rings (SSSR count). The largest absolute Gasteiger partial charge is 0.497 e. The number of hydrogen-bond acceptors (Lipinski definition) is 4. The van der Waals surface area contributed by atoms with Crippen LogP contribution in [0.25, 0.3) is 0 Å². The van der Waals surface area contributed by atoms with Gasteiger partial charge < -0.3 is 10.5 Å². The lowest BCUT2D eigenvalue weighted by Crippen LogP contribution is -2.14. The van der Waals surface area contributed by atoms with Crippen molar-refractivity contribution in [3.63, 3.8) is 0 Å². The number of hydrogen-bond donors (Lipinski definition) is 2. The minimum atomic E-state index is -3.75. The number of nitrogens with two attached hydrogens (primary N) is 1. The molecular formula is C13H12Br2N2O3S. The number of methoxy groups -OCH3 is 1. The fourth-order valence-electron chi connectivity index (χ4n) is 1.64. The van der Waals surface area contributed by atoms with Crippen molar-refractivity contribution < 1.29 is 13.2 Å². The number of anilines is 2. The Bertz CT molecular complexity index is 779. The average molecular weight is 436 g/mol. The van der Waals surface area contributed by atoms with Gasteiger partial charge in [-0.25, -0.2) is 8.42 Å². The summed E-state index contributed by atoms with van der Waals surface area (Å²) in [6.45, 7) is 0. The molecule has 0 unspecified atom stereocenters. The average Bonchev–Trinajstić information content (AvgIpc) is 2.40. The number of benzene rings is 2. The van der Waals surface area contributed by atoms with Crippen molar-refractivity contribution in [1.29, 1.82) is 0 Å². The topological polar surface area (TPSA) is 81.4 Å². The van der Waals surface area contributed by atoms with Gasteiger partial charge in [-0.1, -0.05) is 0 Å². The fourth-order valence-corrected chi connectivity index (χ4v) is 4.29. The third-order valence-corrected chi connectivity index (χ3v) is 5.70. The van der Waals surface area contributed by atoms with Crippen LogP contribution in [0.3, 0.4) is 0 Å². The highest BCUT2D eigenvalue weighted by molar-refractivity contribution is 9.11. The molecule has 0 aliphatic carbocycles. The van der Waals surface area contributed by atoms with Gasteiger partial charge in [0, 0.05) is 20.7 Å². The van der Waals surface area contributed by atoms with Crippen LogP contribution in [0.15, 0.2) is 50.2 Å². The zero-order chi connectivity index (χ0) is 15.6. The Morgan fingerprint density at radius 2 is 1.81 bits per heavy atom. The van der Waals surface area contributed by atoms with Crippen LogP contribution in [0.4, 0.5) is 11.4 Å². The van der Waals surface area contributed by atoms with Gasteiger partial charge in [-0.3, -0.25) is 4.72 Å². The van der Waals surface area contributed by atoms with Crippen LogP contribution in [0, 0.1) is 0 Å². The van der Waals surface area contributed by atoms with Gasteiger partial charge in [-0.05, 0) is 62.2 Å². The van der Waals surface area contributed by atoms with Crippen molar-refractivity contribution in [2.75, 3.05) is 17.6 Å². The van der Waals surface area contributed by atoms with E-state index in [0.717, 1.165) is 0 Å². The van der Waals surface area contributed by atoms with E-state index in [1.807, 2.05) is 0 Å². The van der Waals surface area contributed by atoms with Crippen LogP contribution in [-0.4, -0.2) is 15.5 Å². The quantitative estimate of drug-likeness (QED) is 0.718. The van der Waals surface area contributed by atoms with Gasteiger partial charge in [0.25, 0.3) is 10.0 Å². The first-order chi connectivity index (χ1) is 9.83. The standard InChI is InChI=1S/C13H12Br2N2O3S/c1-20-9-3-4-10(14)12(7-9)17-21(18,19)13-5-2-8(16)6-11(13)15/h2-7,17H,16H2,1H3. The molecule has 3 N–H and O–H groups in total. The molecule has 0 bridgehead atoms. The number of nitrogens with one attached hydrogen (secondary N) is 1. The Morgan fingerprint density at radius 3 is 2.43 bits per heavy atom. The predicted molar refractivity (Wildman–Crippen MR) is 90.1 cm³/mol. The molecule has 0 aromatic heterocycles. The van der Waals surface area contributed by atoms with Crippen LogP contribution in [0.2, 0.25) is 0 Å². The Hall–Kier alpha value is -1.25. The van der Waals surface area contributed by atoms with E-state index in [4.69, 9.17) is 10.5 Å². The number of rotatable bonds is 4. The van der Waals surface area contributed by atoms with Crippen LogP contribution < -0.4 is 15.2 Å². The van der Waals surface area contributed by atoms with Crippen molar-refractivity contribution in [3.8, 4) is 5.75 Å². The molecule has 5 nitrogen and oxygen atoms in total. The molecule has 112 valence electrons. The van der Waals surface area contributed by atoms with Crippen molar-refractivity contribution in [1.82, 2.24) is 0 Å². The molecule has 0 saturated carbocycles. The Kier molecular flexibility index (Phi) is 4.80. The predicted octanol–water partition coefficient (Wildman–Crippen LogP) is 3.60. The van der Waals surface area contributed by atoms with Crippen molar-refractivity contribution >= 4 is 53.3 Å². The summed E-state index contributed by atoms with van der Waals surface area (Å²) in [4.78, 5) is 0.103. The Morgan fingerprint density at radius 1 is 1.10 bits per heavy atom. The van der Waals surface area contributed by atoms with E-state index in [-0.39, 0.29) is 4.90 Å². The minimum Gasteiger partial charge on any atom is -0.497 e. The number of ether oxygens (including phenoxy) is 1. The first-order valence-electron chi connectivity index (χ1n) is 5.75. The summed E-state index contributed by atoms with van der Waals surface area (Å²) in [7, 11) is -2.23. The maximum absolute atomic E-state index is 12.4. The lowest BCUT2D eigenvalue weighted by Gasteiger charge is -2.12. The monoisotopic (exact) mass is 434 g/mol. The van der Waals surface area contributed by atoms with Crippen LogP contribution in [0.5, 0.6) is 5.75 Å². The second-order valence-corrected chi connectivity index (χ2v) is 7.50. The molecule has 0 aliphatic heterocycles. The molecule has 2 aromatic rings. The highest BCUT2D eigenvalue weighted by Crippen LogP contribution is 2.31. The normalized spacial score (nSPS) is 11.2. The molecule has 0 heterocycles. The van der Waals surface area contributed by atoms with Gasteiger partial charge >= 0.3 is 0 Å². The molecule has 0 atom stereocenters. The fraction of sp³-hybridized carbons (Fsp3) is 0.0769. The molecule has 0 aliphatic rings. The van der Waals surface area contributed by atoms with Crippen molar-refractivity contribution in [3.05, 3.63) is 45.3 Å². The number of nitrogen functional groups attached to an aromatic ring is 1. The van der Waals surface area contributed by atoms with E-state index in [9.17, 15) is 8.42 Å². The van der Waals surface area contributed by atoms with E-state index < -0.39 is 10.0 Å². The molecule has 0 amide bonds. The zero-order valence-electron chi connectivity index (χ0n) is 10.9. The van der Waals surface area contributed by atoms with Crippen molar-refractivity contribution in [2.24, 2.45) is 0 Å².